The minimum atomic E-state index is -0.309. The van der Waals surface area contributed by atoms with E-state index in [1.807, 2.05) is 6.92 Å². The Morgan fingerprint density at radius 2 is 1.88 bits per heavy atom. The van der Waals surface area contributed by atoms with Crippen molar-refractivity contribution in [1.82, 2.24) is 0 Å². The summed E-state index contributed by atoms with van der Waals surface area (Å²) in [5.74, 6) is 0.172. The molecule has 2 aromatic carbocycles. The number of amides is 2. The van der Waals surface area contributed by atoms with Gasteiger partial charge in [-0.2, -0.15) is 0 Å². The SMILES string of the molecule is COc1cccc(NC(=O)c2ccccc2NC(=O)CCC(C)N)c1. The van der Waals surface area contributed by atoms with Gasteiger partial charge in [0.05, 0.1) is 18.4 Å². The van der Waals surface area contributed by atoms with Crippen LogP contribution in [0.25, 0.3) is 0 Å². The van der Waals surface area contributed by atoms with Crippen LogP contribution in [-0.4, -0.2) is 25.0 Å². The number of nitrogens with two attached hydrogens (primary N) is 1. The zero-order valence-corrected chi connectivity index (χ0v) is 14.4. The van der Waals surface area contributed by atoms with Crippen LogP contribution in [0.5, 0.6) is 5.75 Å². The molecule has 0 aliphatic carbocycles. The van der Waals surface area contributed by atoms with Gasteiger partial charge in [-0.3, -0.25) is 9.59 Å². The first-order valence-corrected chi connectivity index (χ1v) is 8.09. The van der Waals surface area contributed by atoms with Gasteiger partial charge in [-0.25, -0.2) is 0 Å². The molecule has 6 heteroatoms. The normalized spacial score (nSPS) is 11.5. The topological polar surface area (TPSA) is 93.5 Å². The minimum absolute atomic E-state index is 0.0441. The molecule has 132 valence electrons. The number of rotatable bonds is 7. The second-order valence-electron chi connectivity index (χ2n) is 5.80. The molecule has 6 nitrogen and oxygen atoms in total. The van der Waals surface area contributed by atoms with E-state index in [1.54, 1.807) is 55.6 Å². The Labute approximate surface area is 147 Å². The Hall–Kier alpha value is -2.86. The van der Waals surface area contributed by atoms with Crippen molar-refractivity contribution in [2.24, 2.45) is 5.73 Å². The highest BCUT2D eigenvalue weighted by Crippen LogP contribution is 2.20. The first kappa shape index (κ1) is 18.5. The molecule has 25 heavy (non-hydrogen) atoms. The maximum atomic E-state index is 12.6. The quantitative estimate of drug-likeness (QED) is 0.721. The Balaban J connectivity index is 2.10. The maximum Gasteiger partial charge on any atom is 0.257 e. The van der Waals surface area contributed by atoms with E-state index in [-0.39, 0.29) is 17.9 Å². The molecule has 0 heterocycles. The monoisotopic (exact) mass is 341 g/mol. The third-order valence-corrected chi connectivity index (χ3v) is 3.60. The fourth-order valence-electron chi connectivity index (χ4n) is 2.26. The summed E-state index contributed by atoms with van der Waals surface area (Å²) in [4.78, 5) is 24.6. The number of anilines is 2. The van der Waals surface area contributed by atoms with E-state index >= 15 is 0 Å². The molecule has 0 bridgehead atoms. The van der Waals surface area contributed by atoms with Gasteiger partial charge in [-0.05, 0) is 37.6 Å². The Kier molecular flexibility index (Phi) is 6.54. The van der Waals surface area contributed by atoms with Crippen LogP contribution in [0.1, 0.15) is 30.1 Å². The van der Waals surface area contributed by atoms with Gasteiger partial charge < -0.3 is 21.1 Å². The number of methoxy groups -OCH3 is 1. The first-order valence-electron chi connectivity index (χ1n) is 8.09. The number of nitrogens with one attached hydrogen (secondary N) is 2. The number of hydrogen-bond acceptors (Lipinski definition) is 4. The molecule has 2 amide bonds. The third kappa shape index (κ3) is 5.61. The zero-order valence-electron chi connectivity index (χ0n) is 14.4. The molecule has 0 aliphatic rings. The fraction of sp³-hybridized carbons (Fsp3) is 0.263. The Morgan fingerprint density at radius 3 is 2.60 bits per heavy atom. The second kappa shape index (κ2) is 8.84. The summed E-state index contributed by atoms with van der Waals surface area (Å²) in [7, 11) is 1.56. The standard InChI is InChI=1S/C19H23N3O3/c1-13(20)10-11-18(23)22-17-9-4-3-8-16(17)19(24)21-14-6-5-7-15(12-14)25-2/h3-9,12-13H,10-11,20H2,1-2H3,(H,21,24)(H,22,23). The van der Waals surface area contributed by atoms with Crippen LogP contribution in [0.3, 0.4) is 0 Å². The molecular formula is C19H23N3O3. The summed E-state index contributed by atoms with van der Waals surface area (Å²) in [6.45, 7) is 1.85. The molecule has 0 aliphatic heterocycles. The van der Waals surface area contributed by atoms with Gasteiger partial charge in [0.2, 0.25) is 5.91 Å². The average Bonchev–Trinajstić information content (AvgIpc) is 2.60. The van der Waals surface area contributed by atoms with E-state index in [0.717, 1.165) is 0 Å². The van der Waals surface area contributed by atoms with Crippen molar-refractivity contribution in [2.45, 2.75) is 25.8 Å². The van der Waals surface area contributed by atoms with Gasteiger partial charge in [0.25, 0.3) is 5.91 Å². The molecule has 0 radical (unpaired) electrons. The molecule has 0 aromatic heterocycles. The number of para-hydroxylation sites is 1. The van der Waals surface area contributed by atoms with E-state index in [1.165, 1.54) is 0 Å². The molecular weight excluding hydrogens is 318 g/mol. The molecule has 1 unspecified atom stereocenters. The first-order chi connectivity index (χ1) is 12.0. The van der Waals surface area contributed by atoms with Gasteiger partial charge >= 0.3 is 0 Å². The highest BCUT2D eigenvalue weighted by atomic mass is 16.5. The number of carbonyl (C=O) groups excluding carboxylic acids is 2. The van der Waals surface area contributed by atoms with Crippen LogP contribution < -0.4 is 21.1 Å². The van der Waals surface area contributed by atoms with Crippen LogP contribution in [0.15, 0.2) is 48.5 Å². The van der Waals surface area contributed by atoms with E-state index in [4.69, 9.17) is 10.5 Å². The summed E-state index contributed by atoms with van der Waals surface area (Å²) in [6.07, 6.45) is 0.896. The van der Waals surface area contributed by atoms with Crippen molar-refractivity contribution in [1.29, 1.82) is 0 Å². The minimum Gasteiger partial charge on any atom is -0.497 e. The van der Waals surface area contributed by atoms with Crippen molar-refractivity contribution in [3.8, 4) is 5.75 Å². The van der Waals surface area contributed by atoms with Gasteiger partial charge in [-0.15, -0.1) is 0 Å². The smallest absolute Gasteiger partial charge is 0.257 e. The number of benzene rings is 2. The summed E-state index contributed by atoms with van der Waals surface area (Å²) in [5, 5.41) is 5.58. The Morgan fingerprint density at radius 1 is 1.12 bits per heavy atom. The molecule has 2 aromatic rings. The molecule has 0 saturated heterocycles. The van der Waals surface area contributed by atoms with E-state index in [2.05, 4.69) is 10.6 Å². The van der Waals surface area contributed by atoms with Crippen LogP contribution in [-0.2, 0) is 4.79 Å². The van der Waals surface area contributed by atoms with E-state index < -0.39 is 0 Å². The van der Waals surface area contributed by atoms with Crippen molar-refractivity contribution in [2.75, 3.05) is 17.7 Å². The lowest BCUT2D eigenvalue weighted by Crippen LogP contribution is -2.21. The van der Waals surface area contributed by atoms with Crippen molar-refractivity contribution < 1.29 is 14.3 Å². The van der Waals surface area contributed by atoms with Gasteiger partial charge in [0, 0.05) is 24.2 Å². The summed E-state index contributed by atoms with van der Waals surface area (Å²) < 4.78 is 5.15. The van der Waals surface area contributed by atoms with Crippen LogP contribution in [0, 0.1) is 0 Å². The van der Waals surface area contributed by atoms with Crippen LogP contribution in [0.4, 0.5) is 11.4 Å². The molecule has 4 N–H and O–H groups in total. The highest BCUT2D eigenvalue weighted by molar-refractivity contribution is 6.10. The van der Waals surface area contributed by atoms with Gasteiger partial charge in [0.15, 0.2) is 0 Å². The predicted molar refractivity (Wildman–Crippen MR) is 98.9 cm³/mol. The lowest BCUT2D eigenvalue weighted by molar-refractivity contribution is -0.116. The molecule has 0 spiro atoms. The fourth-order valence-corrected chi connectivity index (χ4v) is 2.26. The lowest BCUT2D eigenvalue weighted by Gasteiger charge is -2.12. The summed E-state index contributed by atoms with van der Waals surface area (Å²) in [6, 6.07) is 13.9. The highest BCUT2D eigenvalue weighted by Gasteiger charge is 2.14. The number of carbonyl (C=O) groups is 2. The Bertz CT molecular complexity index is 744. The molecule has 1 atom stereocenters. The molecule has 2 rings (SSSR count). The van der Waals surface area contributed by atoms with Crippen LogP contribution in [0.2, 0.25) is 0 Å². The van der Waals surface area contributed by atoms with Crippen molar-refractivity contribution in [3.05, 3.63) is 54.1 Å². The third-order valence-electron chi connectivity index (χ3n) is 3.60. The lowest BCUT2D eigenvalue weighted by atomic mass is 10.1. The average molecular weight is 341 g/mol. The molecule has 0 fully saturated rings. The van der Waals surface area contributed by atoms with Crippen molar-refractivity contribution >= 4 is 23.2 Å². The molecule has 0 saturated carbocycles. The van der Waals surface area contributed by atoms with Gasteiger partial charge in [-0.1, -0.05) is 18.2 Å². The van der Waals surface area contributed by atoms with E-state index in [0.29, 0.717) is 35.5 Å². The van der Waals surface area contributed by atoms with E-state index in [9.17, 15) is 9.59 Å². The second-order valence-corrected chi connectivity index (χ2v) is 5.80. The predicted octanol–water partition coefficient (Wildman–Crippen LogP) is 3.01. The van der Waals surface area contributed by atoms with Crippen LogP contribution >= 0.6 is 0 Å². The summed E-state index contributed by atoms with van der Waals surface area (Å²) in [5.41, 5.74) is 7.14. The number of hydrogen-bond donors (Lipinski definition) is 3. The van der Waals surface area contributed by atoms with Crippen molar-refractivity contribution in [3.63, 3.8) is 0 Å². The maximum absolute atomic E-state index is 12.6. The number of ether oxygens (including phenoxy) is 1. The van der Waals surface area contributed by atoms with Gasteiger partial charge in [0.1, 0.15) is 5.75 Å². The zero-order chi connectivity index (χ0) is 18.2. The largest absolute Gasteiger partial charge is 0.497 e. The summed E-state index contributed by atoms with van der Waals surface area (Å²) >= 11 is 0.